The Morgan fingerprint density at radius 2 is 1.86 bits per heavy atom. The maximum Gasteiger partial charge on any atom is 0.324 e. The minimum atomic E-state index is -0.385. The van der Waals surface area contributed by atoms with Gasteiger partial charge in [-0.05, 0) is 47.9 Å². The third-order valence-corrected chi connectivity index (χ3v) is 4.04. The first-order valence-electron chi connectivity index (χ1n) is 6.00. The number of hydrogen-bond donors (Lipinski definition) is 2. The first-order valence-corrected chi connectivity index (χ1v) is 7.53. The molecule has 0 radical (unpaired) electrons. The lowest BCUT2D eigenvalue weighted by atomic mass is 10.2. The molecule has 0 saturated heterocycles. The summed E-state index contributed by atoms with van der Waals surface area (Å²) in [7, 11) is 0. The predicted octanol–water partition coefficient (Wildman–Crippen LogP) is 5.25. The number of urea groups is 1. The van der Waals surface area contributed by atoms with Gasteiger partial charge in [0.1, 0.15) is 0 Å². The molecule has 7 heteroatoms. The summed E-state index contributed by atoms with van der Waals surface area (Å²) in [4.78, 5) is 12.0. The fraction of sp³-hybridized carbons (Fsp3) is 0. The molecule has 0 atom stereocenters. The second kappa shape index (κ2) is 5.89. The van der Waals surface area contributed by atoms with E-state index in [9.17, 15) is 4.79 Å². The number of halogens is 2. The number of hydrogen-bond acceptors (Lipinski definition) is 3. The number of fused-ring (bicyclic) bond motifs is 1. The molecule has 21 heavy (non-hydrogen) atoms. The van der Waals surface area contributed by atoms with Gasteiger partial charge in [0, 0.05) is 21.1 Å². The van der Waals surface area contributed by atoms with Crippen LogP contribution in [0.15, 0.2) is 42.5 Å². The highest BCUT2D eigenvalue weighted by atomic mass is 35.5. The zero-order valence-corrected chi connectivity index (χ0v) is 12.9. The fourth-order valence-electron chi connectivity index (χ4n) is 1.84. The maximum atomic E-state index is 12.0. The Labute approximate surface area is 134 Å². The summed E-state index contributed by atoms with van der Waals surface area (Å²) in [5.41, 5.74) is 0.609. The van der Waals surface area contributed by atoms with Crippen molar-refractivity contribution in [2.45, 2.75) is 0 Å². The van der Waals surface area contributed by atoms with Crippen LogP contribution < -0.4 is 10.6 Å². The van der Waals surface area contributed by atoms with E-state index in [0.29, 0.717) is 21.6 Å². The van der Waals surface area contributed by atoms with Crippen LogP contribution in [0.25, 0.3) is 10.1 Å². The van der Waals surface area contributed by atoms with Crippen molar-refractivity contribution in [2.75, 3.05) is 10.6 Å². The van der Waals surface area contributed by atoms with Crippen LogP contribution in [0.3, 0.4) is 0 Å². The van der Waals surface area contributed by atoms with Crippen LogP contribution in [0.2, 0.25) is 10.0 Å². The molecule has 0 saturated carbocycles. The van der Waals surface area contributed by atoms with Gasteiger partial charge in [-0.1, -0.05) is 29.3 Å². The Bertz CT molecular complexity index is 819. The van der Waals surface area contributed by atoms with Crippen molar-refractivity contribution in [1.82, 2.24) is 4.37 Å². The topological polar surface area (TPSA) is 54.0 Å². The van der Waals surface area contributed by atoms with Crippen molar-refractivity contribution in [3.63, 3.8) is 0 Å². The molecule has 1 heterocycles. The average molecular weight is 338 g/mol. The van der Waals surface area contributed by atoms with E-state index >= 15 is 0 Å². The molecule has 2 N–H and O–H groups in total. The summed E-state index contributed by atoms with van der Waals surface area (Å²) < 4.78 is 5.18. The summed E-state index contributed by atoms with van der Waals surface area (Å²) >= 11 is 13.1. The van der Waals surface area contributed by atoms with Crippen LogP contribution in [0.1, 0.15) is 0 Å². The van der Waals surface area contributed by atoms with Crippen molar-refractivity contribution in [3.8, 4) is 0 Å². The van der Waals surface area contributed by atoms with Gasteiger partial charge in [-0.15, -0.1) is 0 Å². The highest BCUT2D eigenvalue weighted by Crippen LogP contribution is 2.29. The second-order valence-corrected chi connectivity index (χ2v) is 5.94. The minimum Gasteiger partial charge on any atom is -0.308 e. The van der Waals surface area contributed by atoms with E-state index in [1.807, 2.05) is 6.07 Å². The Balaban J connectivity index is 1.79. The van der Waals surface area contributed by atoms with Gasteiger partial charge in [-0.2, -0.15) is 4.37 Å². The van der Waals surface area contributed by atoms with Gasteiger partial charge >= 0.3 is 6.03 Å². The van der Waals surface area contributed by atoms with Gasteiger partial charge in [-0.25, -0.2) is 4.79 Å². The lowest BCUT2D eigenvalue weighted by molar-refractivity contribution is 0.262. The standard InChI is InChI=1S/C14H9Cl2N3OS/c15-8-2-1-3-10(6-8)17-14(20)18-13-11-7-9(16)4-5-12(11)21-19-13/h1-7H,(H2,17,18,19,20). The molecule has 3 aromatic rings. The van der Waals surface area contributed by atoms with Crippen LogP contribution in [-0.2, 0) is 0 Å². The third kappa shape index (κ3) is 3.26. The van der Waals surface area contributed by atoms with Gasteiger partial charge in [0.25, 0.3) is 0 Å². The first-order chi connectivity index (χ1) is 10.1. The molecule has 4 nitrogen and oxygen atoms in total. The molecule has 106 valence electrons. The molecule has 0 aliphatic carbocycles. The number of carbonyl (C=O) groups excluding carboxylic acids is 1. The number of aromatic nitrogens is 1. The Hall–Kier alpha value is -1.82. The largest absolute Gasteiger partial charge is 0.324 e. The Kier molecular flexibility index (Phi) is 3.96. The van der Waals surface area contributed by atoms with E-state index in [2.05, 4.69) is 15.0 Å². The quantitative estimate of drug-likeness (QED) is 0.671. The van der Waals surface area contributed by atoms with E-state index in [0.717, 1.165) is 10.1 Å². The molecule has 1 aromatic heterocycles. The van der Waals surface area contributed by atoms with Crippen molar-refractivity contribution in [3.05, 3.63) is 52.5 Å². The fourth-order valence-corrected chi connectivity index (χ4v) is 2.92. The molecule has 2 aromatic carbocycles. The van der Waals surface area contributed by atoms with E-state index < -0.39 is 0 Å². The van der Waals surface area contributed by atoms with E-state index in [-0.39, 0.29) is 6.03 Å². The molecule has 0 spiro atoms. The third-order valence-electron chi connectivity index (χ3n) is 2.75. The van der Waals surface area contributed by atoms with E-state index in [4.69, 9.17) is 23.2 Å². The molecule has 0 bridgehead atoms. The molecule has 2 amide bonds. The van der Waals surface area contributed by atoms with E-state index in [1.54, 1.807) is 36.4 Å². The number of amides is 2. The van der Waals surface area contributed by atoms with Gasteiger partial charge in [0.2, 0.25) is 0 Å². The van der Waals surface area contributed by atoms with Gasteiger partial charge in [0.05, 0.1) is 4.70 Å². The van der Waals surface area contributed by atoms with Crippen LogP contribution >= 0.6 is 34.7 Å². The lowest BCUT2D eigenvalue weighted by Gasteiger charge is -2.06. The van der Waals surface area contributed by atoms with Crippen molar-refractivity contribution >= 4 is 62.4 Å². The first kappa shape index (κ1) is 14.1. The number of benzene rings is 2. The minimum absolute atomic E-state index is 0.385. The number of carbonyl (C=O) groups is 1. The van der Waals surface area contributed by atoms with Crippen LogP contribution in [0, 0.1) is 0 Å². The summed E-state index contributed by atoms with van der Waals surface area (Å²) in [5.74, 6) is 0.483. The van der Waals surface area contributed by atoms with Gasteiger partial charge in [-0.3, -0.25) is 5.32 Å². The number of anilines is 2. The molecule has 0 unspecified atom stereocenters. The summed E-state index contributed by atoms with van der Waals surface area (Å²) in [6, 6.07) is 12.0. The second-order valence-electron chi connectivity index (χ2n) is 4.26. The number of nitrogens with zero attached hydrogens (tertiary/aromatic N) is 1. The van der Waals surface area contributed by atoms with Gasteiger partial charge < -0.3 is 5.32 Å². The molecule has 0 fully saturated rings. The zero-order chi connectivity index (χ0) is 14.8. The zero-order valence-electron chi connectivity index (χ0n) is 10.6. The monoisotopic (exact) mass is 337 g/mol. The smallest absolute Gasteiger partial charge is 0.308 e. The van der Waals surface area contributed by atoms with Gasteiger partial charge in [0.15, 0.2) is 5.82 Å². The highest BCUT2D eigenvalue weighted by molar-refractivity contribution is 7.13. The lowest BCUT2D eigenvalue weighted by Crippen LogP contribution is -2.19. The summed E-state index contributed by atoms with van der Waals surface area (Å²) in [6.45, 7) is 0. The maximum absolute atomic E-state index is 12.0. The summed E-state index contributed by atoms with van der Waals surface area (Å²) in [6.07, 6.45) is 0. The number of nitrogens with one attached hydrogen (secondary N) is 2. The van der Waals surface area contributed by atoms with E-state index in [1.165, 1.54) is 11.5 Å². The predicted molar refractivity (Wildman–Crippen MR) is 88.7 cm³/mol. The molecule has 0 aliphatic rings. The van der Waals surface area contributed by atoms with Crippen LogP contribution in [-0.4, -0.2) is 10.4 Å². The Morgan fingerprint density at radius 1 is 1.05 bits per heavy atom. The number of rotatable bonds is 2. The van der Waals surface area contributed by atoms with Crippen molar-refractivity contribution < 1.29 is 4.79 Å². The van der Waals surface area contributed by atoms with Crippen LogP contribution in [0.5, 0.6) is 0 Å². The Morgan fingerprint density at radius 3 is 2.67 bits per heavy atom. The average Bonchev–Trinajstić information content (AvgIpc) is 2.81. The molecular weight excluding hydrogens is 329 g/mol. The summed E-state index contributed by atoms with van der Waals surface area (Å²) in [5, 5.41) is 7.37. The van der Waals surface area contributed by atoms with Crippen molar-refractivity contribution in [1.29, 1.82) is 0 Å². The molecule has 0 aliphatic heterocycles. The molecule has 3 rings (SSSR count). The van der Waals surface area contributed by atoms with Crippen LogP contribution in [0.4, 0.5) is 16.3 Å². The van der Waals surface area contributed by atoms with Crippen molar-refractivity contribution in [2.24, 2.45) is 0 Å². The normalized spacial score (nSPS) is 10.6. The highest BCUT2D eigenvalue weighted by Gasteiger charge is 2.10. The SMILES string of the molecule is O=C(Nc1cccc(Cl)c1)Nc1nsc2ccc(Cl)cc12. The molecular formula is C14H9Cl2N3OS.